The van der Waals surface area contributed by atoms with Gasteiger partial charge in [0, 0.05) is 35.8 Å². The van der Waals surface area contributed by atoms with E-state index < -0.39 is 0 Å². The average Bonchev–Trinajstić information content (AvgIpc) is 3.58. The van der Waals surface area contributed by atoms with E-state index in [4.69, 9.17) is 9.47 Å². The van der Waals surface area contributed by atoms with Crippen LogP contribution in [-0.4, -0.2) is 17.5 Å². The largest absolute Gasteiger partial charge is 0.488 e. The molecule has 5 nitrogen and oxygen atoms in total. The van der Waals surface area contributed by atoms with E-state index in [1.165, 1.54) is 12.8 Å². The van der Waals surface area contributed by atoms with Gasteiger partial charge in [0.2, 0.25) is 0 Å². The maximum absolute atomic E-state index is 12.8. The number of hydrogen-bond acceptors (Lipinski definition) is 4. The van der Waals surface area contributed by atoms with Crippen molar-refractivity contribution in [1.29, 1.82) is 0 Å². The molecule has 0 radical (unpaired) electrons. The van der Waals surface area contributed by atoms with E-state index in [9.17, 15) is 4.79 Å². The van der Waals surface area contributed by atoms with Gasteiger partial charge in [0.15, 0.2) is 0 Å². The van der Waals surface area contributed by atoms with Crippen LogP contribution in [0, 0.1) is 19.8 Å². The van der Waals surface area contributed by atoms with Crippen molar-refractivity contribution < 1.29 is 14.3 Å². The van der Waals surface area contributed by atoms with E-state index in [0.29, 0.717) is 18.8 Å². The number of benzene rings is 2. The van der Waals surface area contributed by atoms with Crippen molar-refractivity contribution in [1.82, 2.24) is 4.98 Å². The van der Waals surface area contributed by atoms with Crippen LogP contribution in [0.2, 0.25) is 0 Å². The third kappa shape index (κ3) is 5.92. The van der Waals surface area contributed by atoms with E-state index in [2.05, 4.69) is 10.3 Å². The fourth-order valence-corrected chi connectivity index (χ4v) is 3.52. The van der Waals surface area contributed by atoms with E-state index in [-0.39, 0.29) is 5.91 Å². The molecule has 5 heteroatoms. The van der Waals surface area contributed by atoms with Crippen LogP contribution >= 0.6 is 0 Å². The van der Waals surface area contributed by atoms with Crippen molar-refractivity contribution in [3.63, 3.8) is 0 Å². The first kappa shape index (κ1) is 21.1. The highest BCUT2D eigenvalue weighted by atomic mass is 16.5. The van der Waals surface area contributed by atoms with Gasteiger partial charge in [-0.1, -0.05) is 18.2 Å². The normalized spacial score (nSPS) is 13.1. The lowest BCUT2D eigenvalue weighted by Gasteiger charge is -2.14. The highest BCUT2D eigenvalue weighted by molar-refractivity contribution is 6.04. The molecule has 1 amide bonds. The van der Waals surface area contributed by atoms with Gasteiger partial charge in [0.25, 0.3) is 5.91 Å². The molecule has 1 saturated carbocycles. The van der Waals surface area contributed by atoms with Crippen LogP contribution in [0.3, 0.4) is 0 Å². The minimum atomic E-state index is -0.138. The zero-order chi connectivity index (χ0) is 21.6. The predicted octanol–water partition coefficient (Wildman–Crippen LogP) is 5.46. The monoisotopic (exact) mass is 416 g/mol. The summed E-state index contributed by atoms with van der Waals surface area (Å²) in [6, 6.07) is 15.4. The first-order valence-electron chi connectivity index (χ1n) is 10.7. The number of carbonyl (C=O) groups excluding carboxylic acids is 1. The maximum Gasteiger partial charge on any atom is 0.255 e. The number of nitrogens with one attached hydrogen (secondary N) is 1. The summed E-state index contributed by atoms with van der Waals surface area (Å²) in [4.78, 5) is 17.0. The van der Waals surface area contributed by atoms with E-state index in [1.807, 2.05) is 62.4 Å². The molecular formula is C26H28N2O3. The third-order valence-electron chi connectivity index (χ3n) is 5.33. The van der Waals surface area contributed by atoms with Crippen molar-refractivity contribution in [3.05, 3.63) is 88.7 Å². The van der Waals surface area contributed by atoms with Gasteiger partial charge in [-0.15, -0.1) is 0 Å². The Morgan fingerprint density at radius 1 is 1.03 bits per heavy atom. The predicted molar refractivity (Wildman–Crippen MR) is 121 cm³/mol. The summed E-state index contributed by atoms with van der Waals surface area (Å²) >= 11 is 0. The molecule has 0 saturated heterocycles. The van der Waals surface area contributed by atoms with Crippen LogP contribution in [0.25, 0.3) is 0 Å². The molecule has 0 atom stereocenters. The van der Waals surface area contributed by atoms with E-state index >= 15 is 0 Å². The molecule has 0 spiro atoms. The highest BCUT2D eigenvalue weighted by Gasteiger charge is 2.21. The van der Waals surface area contributed by atoms with Gasteiger partial charge in [0.1, 0.15) is 12.4 Å². The Kier molecular flexibility index (Phi) is 6.63. The Balaban J connectivity index is 1.39. The number of hydrogen-bond donors (Lipinski definition) is 1. The van der Waals surface area contributed by atoms with Gasteiger partial charge >= 0.3 is 0 Å². The molecule has 1 aliphatic carbocycles. The number of ether oxygens (including phenoxy) is 2. The lowest BCUT2D eigenvalue weighted by molar-refractivity contribution is 0.102. The molecule has 1 heterocycles. The molecule has 4 rings (SSSR count). The number of aryl methyl sites for hydroxylation is 2. The molecule has 0 bridgehead atoms. The smallest absolute Gasteiger partial charge is 0.255 e. The van der Waals surface area contributed by atoms with Crippen LogP contribution in [0.5, 0.6) is 5.75 Å². The Labute approximate surface area is 183 Å². The quantitative estimate of drug-likeness (QED) is 0.503. The molecule has 1 aliphatic rings. The van der Waals surface area contributed by atoms with Gasteiger partial charge in [-0.05, 0) is 79.6 Å². The van der Waals surface area contributed by atoms with E-state index in [1.54, 1.807) is 12.4 Å². The van der Waals surface area contributed by atoms with Crippen LogP contribution in [0.15, 0.2) is 60.9 Å². The summed E-state index contributed by atoms with van der Waals surface area (Å²) < 4.78 is 11.8. The summed E-state index contributed by atoms with van der Waals surface area (Å²) in [5, 5.41) is 3.00. The molecule has 1 aromatic heterocycles. The second-order valence-corrected chi connectivity index (χ2v) is 8.20. The molecule has 31 heavy (non-hydrogen) atoms. The summed E-state index contributed by atoms with van der Waals surface area (Å²) in [5.41, 5.74) is 5.30. The molecule has 1 fully saturated rings. The SMILES string of the molecule is Cc1cc(C(=O)Nc2cccc(COCC3CC3)c2)cc(C)c1OCc1cccnc1. The molecule has 3 aromatic rings. The Bertz CT molecular complexity index is 1020. The number of carbonyl (C=O) groups is 1. The van der Waals surface area contributed by atoms with Crippen molar-refractivity contribution in [2.24, 2.45) is 5.92 Å². The van der Waals surface area contributed by atoms with Gasteiger partial charge in [-0.3, -0.25) is 9.78 Å². The van der Waals surface area contributed by atoms with Crippen LogP contribution < -0.4 is 10.1 Å². The van der Waals surface area contributed by atoms with Crippen LogP contribution in [0.4, 0.5) is 5.69 Å². The first-order valence-corrected chi connectivity index (χ1v) is 10.7. The standard InChI is InChI=1S/C26H28N2O3/c1-18-11-23(12-19(2)25(18)31-17-22-6-4-10-27-14-22)26(29)28-24-7-3-5-21(13-24)16-30-15-20-8-9-20/h3-7,10-14,20H,8-9,15-17H2,1-2H3,(H,28,29). The first-order chi connectivity index (χ1) is 15.1. The second kappa shape index (κ2) is 9.75. The van der Waals surface area contributed by atoms with Crippen LogP contribution in [0.1, 0.15) is 45.5 Å². The molecule has 2 aromatic carbocycles. The lowest BCUT2D eigenvalue weighted by atomic mass is 10.0. The van der Waals surface area contributed by atoms with Gasteiger partial charge in [-0.25, -0.2) is 0 Å². The number of anilines is 1. The van der Waals surface area contributed by atoms with Crippen molar-refractivity contribution in [3.8, 4) is 5.75 Å². The summed E-state index contributed by atoms with van der Waals surface area (Å²) in [6.45, 7) is 5.75. The number of rotatable bonds is 9. The fourth-order valence-electron chi connectivity index (χ4n) is 3.52. The summed E-state index contributed by atoms with van der Waals surface area (Å²) in [6.07, 6.45) is 6.09. The lowest BCUT2D eigenvalue weighted by Crippen LogP contribution is -2.13. The third-order valence-corrected chi connectivity index (χ3v) is 5.33. The zero-order valence-corrected chi connectivity index (χ0v) is 18.1. The Hall–Kier alpha value is -3.18. The Morgan fingerprint density at radius 2 is 1.81 bits per heavy atom. The molecule has 0 unspecified atom stereocenters. The minimum Gasteiger partial charge on any atom is -0.488 e. The van der Waals surface area contributed by atoms with Crippen LogP contribution in [-0.2, 0) is 18.0 Å². The fraction of sp³-hybridized carbons (Fsp3) is 0.308. The minimum absolute atomic E-state index is 0.138. The Morgan fingerprint density at radius 3 is 2.52 bits per heavy atom. The van der Waals surface area contributed by atoms with E-state index in [0.717, 1.165) is 46.2 Å². The average molecular weight is 417 g/mol. The number of pyridine rings is 1. The number of nitrogens with zero attached hydrogens (tertiary/aromatic N) is 1. The van der Waals surface area contributed by atoms with Gasteiger partial charge in [-0.2, -0.15) is 0 Å². The molecular weight excluding hydrogens is 388 g/mol. The zero-order valence-electron chi connectivity index (χ0n) is 18.1. The topological polar surface area (TPSA) is 60.5 Å². The summed E-state index contributed by atoms with van der Waals surface area (Å²) in [7, 11) is 0. The van der Waals surface area contributed by atoms with Gasteiger partial charge < -0.3 is 14.8 Å². The molecule has 1 N–H and O–H groups in total. The number of amides is 1. The summed E-state index contributed by atoms with van der Waals surface area (Å²) in [5.74, 6) is 1.40. The van der Waals surface area contributed by atoms with Gasteiger partial charge in [0.05, 0.1) is 6.61 Å². The second-order valence-electron chi connectivity index (χ2n) is 8.20. The number of aromatic nitrogens is 1. The van der Waals surface area contributed by atoms with Crippen molar-refractivity contribution >= 4 is 11.6 Å². The molecule has 0 aliphatic heterocycles. The van der Waals surface area contributed by atoms with Crippen molar-refractivity contribution in [2.45, 2.75) is 39.9 Å². The maximum atomic E-state index is 12.8. The van der Waals surface area contributed by atoms with Crippen molar-refractivity contribution in [2.75, 3.05) is 11.9 Å². The highest BCUT2D eigenvalue weighted by Crippen LogP contribution is 2.29. The molecule has 160 valence electrons.